The first-order chi connectivity index (χ1) is 14.6. The van der Waals surface area contributed by atoms with Crippen molar-refractivity contribution in [2.24, 2.45) is 0 Å². The summed E-state index contributed by atoms with van der Waals surface area (Å²) in [7, 11) is 1.64. The van der Waals surface area contributed by atoms with E-state index in [0.717, 1.165) is 63.4 Å². The summed E-state index contributed by atoms with van der Waals surface area (Å²) in [6.07, 6.45) is 3.51. The van der Waals surface area contributed by atoms with Crippen LogP contribution in [-0.2, 0) is 11.3 Å². The van der Waals surface area contributed by atoms with Gasteiger partial charge < -0.3 is 14.2 Å². The second kappa shape index (κ2) is 9.57. The highest BCUT2D eigenvalue weighted by atomic mass is 16.5. The number of amides is 1. The lowest BCUT2D eigenvalue weighted by atomic mass is 10.1. The third kappa shape index (κ3) is 4.82. The molecule has 2 aromatic rings. The Kier molecular flexibility index (Phi) is 6.64. The number of rotatable bonds is 6. The smallest absolute Gasteiger partial charge is 0.241 e. The monoisotopic (exact) mass is 413 g/mol. The molecule has 3 heterocycles. The van der Waals surface area contributed by atoms with Gasteiger partial charge in [0, 0.05) is 44.8 Å². The van der Waals surface area contributed by atoms with Crippen molar-refractivity contribution in [1.82, 2.24) is 24.8 Å². The number of hydrogen-bond donors (Lipinski definition) is 0. The normalized spacial score (nSPS) is 19.6. The van der Waals surface area contributed by atoms with Gasteiger partial charge in [0.05, 0.1) is 19.7 Å². The fourth-order valence-corrected chi connectivity index (χ4v) is 4.21. The van der Waals surface area contributed by atoms with Gasteiger partial charge in [-0.05, 0) is 50.5 Å². The van der Waals surface area contributed by atoms with Gasteiger partial charge in [-0.15, -0.1) is 0 Å². The molecule has 0 N–H and O–H groups in total. The molecule has 30 heavy (non-hydrogen) atoms. The Morgan fingerprint density at radius 1 is 1.07 bits per heavy atom. The lowest BCUT2D eigenvalue weighted by molar-refractivity contribution is -0.138. The SMILES string of the molecule is COc1ccc(-c2noc(CN3CCN(C(C)C(=O)N4CCCCC4)CC3)n2)cc1. The highest BCUT2D eigenvalue weighted by Gasteiger charge is 2.29. The van der Waals surface area contributed by atoms with Crippen LogP contribution in [0.3, 0.4) is 0 Å². The van der Waals surface area contributed by atoms with E-state index in [-0.39, 0.29) is 11.9 Å². The fraction of sp³-hybridized carbons (Fsp3) is 0.591. The molecule has 4 rings (SSSR count). The van der Waals surface area contributed by atoms with E-state index in [9.17, 15) is 4.79 Å². The number of piperidine rings is 1. The number of piperazine rings is 1. The van der Waals surface area contributed by atoms with Gasteiger partial charge in [-0.1, -0.05) is 5.16 Å². The van der Waals surface area contributed by atoms with Crippen LogP contribution in [-0.4, -0.2) is 83.2 Å². The Balaban J connectivity index is 1.27. The second-order valence-corrected chi connectivity index (χ2v) is 8.11. The van der Waals surface area contributed by atoms with E-state index in [0.29, 0.717) is 18.3 Å². The molecule has 1 aromatic heterocycles. The van der Waals surface area contributed by atoms with Crippen molar-refractivity contribution in [3.05, 3.63) is 30.2 Å². The molecule has 162 valence electrons. The Hall–Kier alpha value is -2.45. The third-order valence-electron chi connectivity index (χ3n) is 6.15. The molecule has 2 fully saturated rings. The summed E-state index contributed by atoms with van der Waals surface area (Å²) in [6, 6.07) is 7.57. The zero-order valence-corrected chi connectivity index (χ0v) is 17.9. The molecule has 0 radical (unpaired) electrons. The first kappa shape index (κ1) is 20.8. The van der Waals surface area contributed by atoms with Crippen molar-refractivity contribution in [3.8, 4) is 17.1 Å². The van der Waals surface area contributed by atoms with Crippen molar-refractivity contribution >= 4 is 5.91 Å². The molecule has 8 nitrogen and oxygen atoms in total. The van der Waals surface area contributed by atoms with Crippen LogP contribution in [0, 0.1) is 0 Å². The van der Waals surface area contributed by atoms with Gasteiger partial charge in [0.1, 0.15) is 5.75 Å². The first-order valence-corrected chi connectivity index (χ1v) is 10.9. The lowest BCUT2D eigenvalue weighted by Gasteiger charge is -2.39. The lowest BCUT2D eigenvalue weighted by Crippen LogP contribution is -2.54. The summed E-state index contributed by atoms with van der Waals surface area (Å²) in [5.74, 6) is 2.29. The summed E-state index contributed by atoms with van der Waals surface area (Å²) in [5.41, 5.74) is 0.903. The van der Waals surface area contributed by atoms with Gasteiger partial charge in [-0.2, -0.15) is 4.98 Å². The minimum atomic E-state index is -0.0460. The van der Waals surface area contributed by atoms with Gasteiger partial charge in [-0.25, -0.2) is 0 Å². The van der Waals surface area contributed by atoms with Crippen molar-refractivity contribution < 1.29 is 14.1 Å². The highest BCUT2D eigenvalue weighted by Crippen LogP contribution is 2.20. The Labute approximate surface area is 177 Å². The van der Waals surface area contributed by atoms with Crippen LogP contribution in [0.15, 0.2) is 28.8 Å². The minimum Gasteiger partial charge on any atom is -0.497 e. The van der Waals surface area contributed by atoms with E-state index in [4.69, 9.17) is 9.26 Å². The Morgan fingerprint density at radius 3 is 2.43 bits per heavy atom. The van der Waals surface area contributed by atoms with E-state index >= 15 is 0 Å². The molecule has 2 saturated heterocycles. The molecule has 8 heteroatoms. The van der Waals surface area contributed by atoms with Gasteiger partial charge in [0.2, 0.25) is 17.6 Å². The molecule has 2 aliphatic heterocycles. The van der Waals surface area contributed by atoms with E-state index in [1.165, 1.54) is 6.42 Å². The number of nitrogens with zero attached hydrogens (tertiary/aromatic N) is 5. The van der Waals surface area contributed by atoms with E-state index < -0.39 is 0 Å². The van der Waals surface area contributed by atoms with Crippen molar-refractivity contribution in [2.45, 2.75) is 38.8 Å². The molecule has 1 atom stereocenters. The molecular weight excluding hydrogens is 382 g/mol. The van der Waals surface area contributed by atoms with Crippen molar-refractivity contribution in [1.29, 1.82) is 0 Å². The number of carbonyl (C=O) groups is 1. The van der Waals surface area contributed by atoms with Crippen LogP contribution in [0.25, 0.3) is 11.4 Å². The summed E-state index contributed by atoms with van der Waals surface area (Å²) in [5, 5.41) is 4.11. The van der Waals surface area contributed by atoms with Crippen LogP contribution < -0.4 is 4.74 Å². The average molecular weight is 414 g/mol. The predicted molar refractivity (Wildman–Crippen MR) is 113 cm³/mol. The van der Waals surface area contributed by atoms with Crippen LogP contribution >= 0.6 is 0 Å². The molecular formula is C22H31N5O3. The van der Waals surface area contributed by atoms with Gasteiger partial charge in [0.15, 0.2) is 0 Å². The summed E-state index contributed by atoms with van der Waals surface area (Å²) in [6.45, 7) is 8.03. The van der Waals surface area contributed by atoms with Crippen LogP contribution in [0.1, 0.15) is 32.1 Å². The summed E-state index contributed by atoms with van der Waals surface area (Å²) >= 11 is 0. The maximum absolute atomic E-state index is 12.8. The largest absolute Gasteiger partial charge is 0.497 e. The topological polar surface area (TPSA) is 74.9 Å². The number of ether oxygens (including phenoxy) is 1. The zero-order valence-electron chi connectivity index (χ0n) is 17.9. The first-order valence-electron chi connectivity index (χ1n) is 10.9. The molecule has 0 spiro atoms. The maximum Gasteiger partial charge on any atom is 0.241 e. The summed E-state index contributed by atoms with van der Waals surface area (Å²) in [4.78, 5) is 24.0. The van der Waals surface area contributed by atoms with Crippen LogP contribution in [0.2, 0.25) is 0 Å². The molecule has 0 bridgehead atoms. The molecule has 1 amide bonds. The average Bonchev–Trinajstić information content (AvgIpc) is 3.27. The van der Waals surface area contributed by atoms with Crippen LogP contribution in [0.4, 0.5) is 0 Å². The predicted octanol–water partition coefficient (Wildman–Crippen LogP) is 2.26. The number of carbonyl (C=O) groups excluding carboxylic acids is 1. The molecule has 1 aromatic carbocycles. The van der Waals surface area contributed by atoms with Gasteiger partial charge in [-0.3, -0.25) is 14.6 Å². The number of benzene rings is 1. The number of aromatic nitrogens is 2. The van der Waals surface area contributed by atoms with Crippen LogP contribution in [0.5, 0.6) is 5.75 Å². The molecule has 2 aliphatic rings. The van der Waals surface area contributed by atoms with Gasteiger partial charge in [0.25, 0.3) is 0 Å². The van der Waals surface area contributed by atoms with Crippen molar-refractivity contribution in [2.75, 3.05) is 46.4 Å². The quantitative estimate of drug-likeness (QED) is 0.719. The maximum atomic E-state index is 12.8. The number of hydrogen-bond acceptors (Lipinski definition) is 7. The molecule has 1 unspecified atom stereocenters. The van der Waals surface area contributed by atoms with E-state index in [1.807, 2.05) is 36.1 Å². The number of methoxy groups -OCH3 is 1. The number of likely N-dealkylation sites (tertiary alicyclic amines) is 1. The zero-order chi connectivity index (χ0) is 20.9. The van der Waals surface area contributed by atoms with E-state index in [2.05, 4.69) is 19.9 Å². The summed E-state index contributed by atoms with van der Waals surface area (Å²) < 4.78 is 10.6. The van der Waals surface area contributed by atoms with E-state index in [1.54, 1.807) is 7.11 Å². The van der Waals surface area contributed by atoms with Gasteiger partial charge >= 0.3 is 0 Å². The molecule has 0 aliphatic carbocycles. The Bertz CT molecular complexity index is 824. The fourth-order valence-electron chi connectivity index (χ4n) is 4.21. The minimum absolute atomic E-state index is 0.0460. The molecule has 0 saturated carbocycles. The Morgan fingerprint density at radius 2 is 1.77 bits per heavy atom. The highest BCUT2D eigenvalue weighted by molar-refractivity contribution is 5.81. The third-order valence-corrected chi connectivity index (χ3v) is 6.15. The van der Waals surface area contributed by atoms with Crippen molar-refractivity contribution in [3.63, 3.8) is 0 Å². The standard InChI is InChI=1S/C22H31N5O3/c1-17(22(28)27-10-4-3-5-11-27)26-14-12-25(13-15-26)16-20-23-21(24-30-20)18-6-8-19(29-2)9-7-18/h6-9,17H,3-5,10-16H2,1-2H3. The second-order valence-electron chi connectivity index (χ2n) is 8.11.